The van der Waals surface area contributed by atoms with Gasteiger partial charge < -0.3 is 4.74 Å². The van der Waals surface area contributed by atoms with Gasteiger partial charge in [0.25, 0.3) is 0 Å². The zero-order valence-electron chi connectivity index (χ0n) is 10.3. The standard InChI is InChI=1S/C12H17NO3S2/c1-17-11-4-6-12(7-5-11)18(14,15)13-9-10-3-2-8-16-10/h4-7,10,13H,2-3,8-9H2,1H3/t10-/m0/s1. The van der Waals surface area contributed by atoms with E-state index in [9.17, 15) is 8.42 Å². The zero-order chi connectivity index (χ0) is 13.0. The molecule has 0 radical (unpaired) electrons. The van der Waals surface area contributed by atoms with Gasteiger partial charge in [-0.1, -0.05) is 0 Å². The van der Waals surface area contributed by atoms with E-state index >= 15 is 0 Å². The molecule has 0 spiro atoms. The summed E-state index contributed by atoms with van der Waals surface area (Å²) in [6.07, 6.45) is 3.91. The Labute approximate surface area is 112 Å². The first-order chi connectivity index (χ1) is 8.62. The Hall–Kier alpha value is -0.560. The highest BCUT2D eigenvalue weighted by Crippen LogP contribution is 2.18. The maximum Gasteiger partial charge on any atom is 0.240 e. The largest absolute Gasteiger partial charge is 0.377 e. The maximum atomic E-state index is 12.0. The number of nitrogens with one attached hydrogen (secondary N) is 1. The van der Waals surface area contributed by atoms with Crippen LogP contribution in [0.15, 0.2) is 34.1 Å². The van der Waals surface area contributed by atoms with Crippen LogP contribution < -0.4 is 4.72 Å². The van der Waals surface area contributed by atoms with Crippen molar-refractivity contribution in [2.75, 3.05) is 19.4 Å². The van der Waals surface area contributed by atoms with E-state index in [0.717, 1.165) is 24.3 Å². The lowest BCUT2D eigenvalue weighted by Crippen LogP contribution is -2.31. The number of hydrogen-bond donors (Lipinski definition) is 1. The summed E-state index contributed by atoms with van der Waals surface area (Å²) >= 11 is 1.59. The number of hydrogen-bond acceptors (Lipinski definition) is 4. The Morgan fingerprint density at radius 1 is 1.39 bits per heavy atom. The molecule has 0 aromatic heterocycles. The van der Waals surface area contributed by atoms with Crippen molar-refractivity contribution in [3.8, 4) is 0 Å². The summed E-state index contributed by atoms with van der Waals surface area (Å²) in [5.74, 6) is 0. The minimum atomic E-state index is -3.41. The number of sulfonamides is 1. The van der Waals surface area contributed by atoms with Crippen molar-refractivity contribution in [2.45, 2.75) is 28.7 Å². The molecule has 0 amide bonds. The highest BCUT2D eigenvalue weighted by atomic mass is 32.2. The molecule has 0 aliphatic carbocycles. The highest BCUT2D eigenvalue weighted by Gasteiger charge is 2.20. The average molecular weight is 287 g/mol. The van der Waals surface area contributed by atoms with Gasteiger partial charge in [-0.05, 0) is 43.4 Å². The van der Waals surface area contributed by atoms with E-state index in [1.165, 1.54) is 0 Å². The second-order valence-corrected chi connectivity index (χ2v) is 6.81. The van der Waals surface area contributed by atoms with Gasteiger partial charge in [-0.25, -0.2) is 13.1 Å². The first-order valence-corrected chi connectivity index (χ1v) is 8.58. The Bertz CT molecular complexity index is 479. The molecule has 1 saturated heterocycles. The van der Waals surface area contributed by atoms with E-state index in [0.29, 0.717) is 11.4 Å². The zero-order valence-corrected chi connectivity index (χ0v) is 11.9. The van der Waals surface area contributed by atoms with Crippen LogP contribution in [-0.4, -0.2) is 33.9 Å². The summed E-state index contributed by atoms with van der Waals surface area (Å²) in [6.45, 7) is 1.08. The van der Waals surface area contributed by atoms with Crippen LogP contribution in [0, 0.1) is 0 Å². The molecule has 2 rings (SSSR count). The fourth-order valence-corrected chi connectivity index (χ4v) is 3.32. The number of thioether (sulfide) groups is 1. The average Bonchev–Trinajstić information content (AvgIpc) is 2.90. The molecule has 0 bridgehead atoms. The molecule has 1 fully saturated rings. The maximum absolute atomic E-state index is 12.0. The lowest BCUT2D eigenvalue weighted by molar-refractivity contribution is 0.114. The second-order valence-electron chi connectivity index (χ2n) is 4.16. The van der Waals surface area contributed by atoms with Crippen molar-refractivity contribution < 1.29 is 13.2 Å². The minimum Gasteiger partial charge on any atom is -0.377 e. The van der Waals surface area contributed by atoms with Crippen LogP contribution in [0.5, 0.6) is 0 Å². The molecule has 1 aliphatic rings. The molecular formula is C12H17NO3S2. The van der Waals surface area contributed by atoms with Crippen LogP contribution in [0.25, 0.3) is 0 Å². The van der Waals surface area contributed by atoms with Crippen molar-refractivity contribution in [1.82, 2.24) is 4.72 Å². The third-order valence-corrected chi connectivity index (χ3v) is 5.08. The summed E-state index contributed by atoms with van der Waals surface area (Å²) in [4.78, 5) is 1.35. The molecular weight excluding hydrogens is 270 g/mol. The predicted octanol–water partition coefficient (Wildman–Crippen LogP) is 1.87. The lowest BCUT2D eigenvalue weighted by Gasteiger charge is -2.11. The van der Waals surface area contributed by atoms with E-state index in [1.54, 1.807) is 23.9 Å². The molecule has 4 nitrogen and oxygen atoms in total. The van der Waals surface area contributed by atoms with Gasteiger partial charge in [0.05, 0.1) is 11.0 Å². The first-order valence-electron chi connectivity index (χ1n) is 5.87. The minimum absolute atomic E-state index is 0.0187. The monoisotopic (exact) mass is 287 g/mol. The number of ether oxygens (including phenoxy) is 1. The summed E-state index contributed by atoms with van der Waals surface area (Å²) in [5.41, 5.74) is 0. The van der Waals surface area contributed by atoms with Gasteiger partial charge in [0.15, 0.2) is 0 Å². The Balaban J connectivity index is 2.00. The summed E-state index contributed by atoms with van der Waals surface area (Å²) in [7, 11) is -3.41. The normalized spacial score (nSPS) is 20.2. The van der Waals surface area contributed by atoms with E-state index in [1.807, 2.05) is 18.4 Å². The Morgan fingerprint density at radius 3 is 2.67 bits per heavy atom. The molecule has 1 aromatic carbocycles. The van der Waals surface area contributed by atoms with Crippen LogP contribution in [0.2, 0.25) is 0 Å². The molecule has 1 heterocycles. The third-order valence-electron chi connectivity index (χ3n) is 2.89. The highest BCUT2D eigenvalue weighted by molar-refractivity contribution is 7.98. The number of benzene rings is 1. The van der Waals surface area contributed by atoms with Crippen LogP contribution in [0.1, 0.15) is 12.8 Å². The number of rotatable bonds is 5. The second kappa shape index (κ2) is 6.06. The SMILES string of the molecule is CSc1ccc(S(=O)(=O)NC[C@@H]2CCCO2)cc1. The van der Waals surface area contributed by atoms with E-state index in [-0.39, 0.29) is 6.10 Å². The molecule has 1 atom stereocenters. The summed E-state index contributed by atoms with van der Waals surface area (Å²) < 4.78 is 32.0. The molecule has 0 unspecified atom stereocenters. The molecule has 6 heteroatoms. The molecule has 1 aromatic rings. The third kappa shape index (κ3) is 3.47. The fourth-order valence-electron chi connectivity index (χ4n) is 1.85. The van der Waals surface area contributed by atoms with Crippen molar-refractivity contribution in [3.63, 3.8) is 0 Å². The molecule has 18 heavy (non-hydrogen) atoms. The van der Waals surface area contributed by atoms with Gasteiger partial charge in [0.1, 0.15) is 0 Å². The topological polar surface area (TPSA) is 55.4 Å². The molecule has 100 valence electrons. The van der Waals surface area contributed by atoms with Gasteiger partial charge in [0.2, 0.25) is 10.0 Å². The Morgan fingerprint density at radius 2 is 2.11 bits per heavy atom. The first kappa shape index (κ1) is 13.9. The van der Waals surface area contributed by atoms with Gasteiger partial charge >= 0.3 is 0 Å². The van der Waals surface area contributed by atoms with E-state index < -0.39 is 10.0 Å². The molecule has 1 aliphatic heterocycles. The predicted molar refractivity (Wildman–Crippen MR) is 72.4 cm³/mol. The summed E-state index contributed by atoms with van der Waals surface area (Å²) in [5, 5.41) is 0. The van der Waals surface area contributed by atoms with Gasteiger partial charge in [-0.3, -0.25) is 0 Å². The van der Waals surface area contributed by atoms with Crippen LogP contribution in [-0.2, 0) is 14.8 Å². The van der Waals surface area contributed by atoms with Crippen molar-refractivity contribution in [2.24, 2.45) is 0 Å². The molecule has 0 saturated carbocycles. The van der Waals surface area contributed by atoms with Crippen molar-refractivity contribution >= 4 is 21.8 Å². The fraction of sp³-hybridized carbons (Fsp3) is 0.500. The van der Waals surface area contributed by atoms with Gasteiger partial charge in [-0.15, -0.1) is 11.8 Å². The van der Waals surface area contributed by atoms with E-state index in [2.05, 4.69) is 4.72 Å². The van der Waals surface area contributed by atoms with Crippen LogP contribution in [0.4, 0.5) is 0 Å². The smallest absolute Gasteiger partial charge is 0.240 e. The van der Waals surface area contributed by atoms with Crippen molar-refractivity contribution in [1.29, 1.82) is 0 Å². The lowest BCUT2D eigenvalue weighted by atomic mass is 10.2. The summed E-state index contributed by atoms with van der Waals surface area (Å²) in [6, 6.07) is 6.88. The van der Waals surface area contributed by atoms with Crippen LogP contribution in [0.3, 0.4) is 0 Å². The Kier molecular flexibility index (Phi) is 4.66. The van der Waals surface area contributed by atoms with Gasteiger partial charge in [-0.2, -0.15) is 0 Å². The van der Waals surface area contributed by atoms with Crippen molar-refractivity contribution in [3.05, 3.63) is 24.3 Å². The quantitative estimate of drug-likeness (QED) is 0.840. The van der Waals surface area contributed by atoms with E-state index in [4.69, 9.17) is 4.74 Å². The molecule has 1 N–H and O–H groups in total. The van der Waals surface area contributed by atoms with Crippen LogP contribution >= 0.6 is 11.8 Å². The van der Waals surface area contributed by atoms with Gasteiger partial charge in [0, 0.05) is 18.0 Å².